The van der Waals surface area contributed by atoms with E-state index in [2.05, 4.69) is 41.5 Å². The van der Waals surface area contributed by atoms with E-state index in [9.17, 15) is 0 Å². The lowest BCUT2D eigenvalue weighted by molar-refractivity contribution is 0.307. The fourth-order valence-electron chi connectivity index (χ4n) is 2.12. The van der Waals surface area contributed by atoms with Crippen molar-refractivity contribution in [1.82, 2.24) is 0 Å². The first-order valence-corrected chi connectivity index (χ1v) is 6.99. The Kier molecular flexibility index (Phi) is 8.19. The minimum absolute atomic E-state index is 0.855. The van der Waals surface area contributed by atoms with Crippen LogP contribution in [-0.2, 0) is 0 Å². The molecule has 0 saturated carbocycles. The molecule has 0 radical (unpaired) electrons. The summed E-state index contributed by atoms with van der Waals surface area (Å²) in [5.74, 6) is 3.60. The monoisotopic (exact) mass is 212 g/mol. The largest absolute Gasteiger partial charge is 0.0654 e. The molecule has 0 aromatic carbocycles. The van der Waals surface area contributed by atoms with E-state index < -0.39 is 0 Å². The van der Waals surface area contributed by atoms with E-state index >= 15 is 0 Å². The van der Waals surface area contributed by atoms with E-state index in [1.165, 1.54) is 32.1 Å². The summed E-state index contributed by atoms with van der Waals surface area (Å²) in [6, 6.07) is 0. The fraction of sp³-hybridized carbons (Fsp3) is 1.00. The highest BCUT2D eigenvalue weighted by Crippen LogP contribution is 2.24. The SMILES string of the molecule is CCCC(C)C(C)CCCC(C)C(C)C. The molecule has 0 aromatic rings. The highest BCUT2D eigenvalue weighted by molar-refractivity contribution is 4.64. The molecule has 0 aliphatic heterocycles. The van der Waals surface area contributed by atoms with Crippen molar-refractivity contribution in [2.75, 3.05) is 0 Å². The van der Waals surface area contributed by atoms with Gasteiger partial charge in [0.1, 0.15) is 0 Å². The van der Waals surface area contributed by atoms with Crippen LogP contribution in [0.2, 0.25) is 0 Å². The number of hydrogen-bond acceptors (Lipinski definition) is 0. The quantitative estimate of drug-likeness (QED) is 0.497. The van der Waals surface area contributed by atoms with Gasteiger partial charge in [0.25, 0.3) is 0 Å². The standard InChI is InChI=1S/C15H32/c1-7-9-14(5)15(6)11-8-10-13(4)12(2)3/h12-15H,7-11H2,1-6H3. The first-order chi connectivity index (χ1) is 6.99. The van der Waals surface area contributed by atoms with Gasteiger partial charge in [0.2, 0.25) is 0 Å². The Labute approximate surface area is 97.8 Å². The van der Waals surface area contributed by atoms with Gasteiger partial charge in [-0.1, -0.05) is 73.6 Å². The van der Waals surface area contributed by atoms with Crippen LogP contribution < -0.4 is 0 Å². The van der Waals surface area contributed by atoms with Crippen molar-refractivity contribution in [2.45, 2.75) is 73.6 Å². The molecule has 0 bridgehead atoms. The zero-order valence-electron chi connectivity index (χ0n) is 11.8. The summed E-state index contributed by atoms with van der Waals surface area (Å²) in [4.78, 5) is 0. The minimum Gasteiger partial charge on any atom is -0.0654 e. The van der Waals surface area contributed by atoms with Crippen molar-refractivity contribution in [1.29, 1.82) is 0 Å². The van der Waals surface area contributed by atoms with Crippen LogP contribution in [0.1, 0.15) is 73.6 Å². The summed E-state index contributed by atoms with van der Waals surface area (Å²) >= 11 is 0. The van der Waals surface area contributed by atoms with Crippen LogP contribution in [0.15, 0.2) is 0 Å². The molecule has 0 spiro atoms. The van der Waals surface area contributed by atoms with Crippen LogP contribution in [0.4, 0.5) is 0 Å². The first-order valence-electron chi connectivity index (χ1n) is 6.99. The zero-order chi connectivity index (χ0) is 11.8. The number of hydrogen-bond donors (Lipinski definition) is 0. The van der Waals surface area contributed by atoms with Gasteiger partial charge in [-0.25, -0.2) is 0 Å². The lowest BCUT2D eigenvalue weighted by Crippen LogP contribution is -2.09. The first kappa shape index (κ1) is 15.0. The molecule has 0 aromatic heterocycles. The second kappa shape index (κ2) is 8.19. The average molecular weight is 212 g/mol. The van der Waals surface area contributed by atoms with Gasteiger partial charge in [0, 0.05) is 0 Å². The second-order valence-corrected chi connectivity index (χ2v) is 5.90. The van der Waals surface area contributed by atoms with Crippen molar-refractivity contribution in [3.8, 4) is 0 Å². The molecule has 3 unspecified atom stereocenters. The fourth-order valence-corrected chi connectivity index (χ4v) is 2.12. The lowest BCUT2D eigenvalue weighted by Gasteiger charge is -2.21. The summed E-state index contributed by atoms with van der Waals surface area (Å²) in [5, 5.41) is 0. The van der Waals surface area contributed by atoms with Gasteiger partial charge < -0.3 is 0 Å². The third-order valence-corrected chi connectivity index (χ3v) is 4.17. The molecule has 0 saturated heterocycles. The summed E-state index contributed by atoms with van der Waals surface area (Å²) in [6.07, 6.45) is 7.02. The topological polar surface area (TPSA) is 0 Å². The molecule has 0 heterocycles. The molecule has 92 valence electrons. The molecule has 0 heteroatoms. The predicted octanol–water partition coefficient (Wildman–Crippen LogP) is 5.52. The molecule has 0 aliphatic rings. The normalized spacial score (nSPS) is 17.8. The highest BCUT2D eigenvalue weighted by atomic mass is 14.2. The van der Waals surface area contributed by atoms with Crippen LogP contribution >= 0.6 is 0 Å². The summed E-state index contributed by atoms with van der Waals surface area (Å²) < 4.78 is 0. The smallest absolute Gasteiger partial charge is 0.0417 e. The maximum absolute atomic E-state index is 2.43. The summed E-state index contributed by atoms with van der Waals surface area (Å²) in [7, 11) is 0. The van der Waals surface area contributed by atoms with Crippen molar-refractivity contribution < 1.29 is 0 Å². The second-order valence-electron chi connectivity index (χ2n) is 5.90. The number of rotatable bonds is 8. The third kappa shape index (κ3) is 6.98. The Hall–Kier alpha value is 0. The van der Waals surface area contributed by atoms with Gasteiger partial charge in [-0.3, -0.25) is 0 Å². The summed E-state index contributed by atoms with van der Waals surface area (Å²) in [6.45, 7) is 14.2. The van der Waals surface area contributed by atoms with Gasteiger partial charge in [-0.05, 0) is 23.7 Å². The Balaban J connectivity index is 3.58. The van der Waals surface area contributed by atoms with E-state index in [0.29, 0.717) is 0 Å². The zero-order valence-corrected chi connectivity index (χ0v) is 11.8. The Morgan fingerprint density at radius 2 is 1.13 bits per heavy atom. The highest BCUT2D eigenvalue weighted by Gasteiger charge is 2.12. The van der Waals surface area contributed by atoms with Crippen LogP contribution in [0.25, 0.3) is 0 Å². The van der Waals surface area contributed by atoms with Crippen LogP contribution in [0, 0.1) is 23.7 Å². The van der Waals surface area contributed by atoms with Crippen molar-refractivity contribution in [2.24, 2.45) is 23.7 Å². The van der Waals surface area contributed by atoms with Crippen molar-refractivity contribution >= 4 is 0 Å². The van der Waals surface area contributed by atoms with E-state index in [1.807, 2.05) is 0 Å². The Morgan fingerprint density at radius 3 is 1.60 bits per heavy atom. The maximum Gasteiger partial charge on any atom is -0.0417 e. The molecule has 15 heavy (non-hydrogen) atoms. The third-order valence-electron chi connectivity index (χ3n) is 4.17. The van der Waals surface area contributed by atoms with E-state index in [0.717, 1.165) is 23.7 Å². The van der Waals surface area contributed by atoms with Crippen LogP contribution in [-0.4, -0.2) is 0 Å². The van der Waals surface area contributed by atoms with Gasteiger partial charge in [0.15, 0.2) is 0 Å². The molecular weight excluding hydrogens is 180 g/mol. The molecule has 0 fully saturated rings. The molecule has 3 atom stereocenters. The van der Waals surface area contributed by atoms with Gasteiger partial charge in [-0.2, -0.15) is 0 Å². The molecule has 0 nitrogen and oxygen atoms in total. The molecule has 0 amide bonds. The van der Waals surface area contributed by atoms with E-state index in [4.69, 9.17) is 0 Å². The van der Waals surface area contributed by atoms with E-state index in [-0.39, 0.29) is 0 Å². The maximum atomic E-state index is 2.43. The Bertz CT molecular complexity index is 137. The van der Waals surface area contributed by atoms with Crippen LogP contribution in [0.5, 0.6) is 0 Å². The van der Waals surface area contributed by atoms with Gasteiger partial charge >= 0.3 is 0 Å². The molecule has 0 rings (SSSR count). The minimum atomic E-state index is 0.855. The van der Waals surface area contributed by atoms with Crippen molar-refractivity contribution in [3.05, 3.63) is 0 Å². The van der Waals surface area contributed by atoms with Gasteiger partial charge in [0.05, 0.1) is 0 Å². The molecule has 0 aliphatic carbocycles. The Morgan fingerprint density at radius 1 is 0.667 bits per heavy atom. The van der Waals surface area contributed by atoms with Crippen molar-refractivity contribution in [3.63, 3.8) is 0 Å². The average Bonchev–Trinajstić information content (AvgIpc) is 2.17. The predicted molar refractivity (Wildman–Crippen MR) is 71.1 cm³/mol. The molecule has 0 N–H and O–H groups in total. The van der Waals surface area contributed by atoms with E-state index in [1.54, 1.807) is 0 Å². The van der Waals surface area contributed by atoms with Gasteiger partial charge in [-0.15, -0.1) is 0 Å². The summed E-state index contributed by atoms with van der Waals surface area (Å²) in [5.41, 5.74) is 0. The molecular formula is C15H32. The van der Waals surface area contributed by atoms with Crippen LogP contribution in [0.3, 0.4) is 0 Å². The lowest BCUT2D eigenvalue weighted by atomic mass is 9.85.